The van der Waals surface area contributed by atoms with Crippen LogP contribution >= 0.6 is 0 Å². The first-order valence-electron chi connectivity index (χ1n) is 7.18. The van der Waals surface area contributed by atoms with Gasteiger partial charge in [-0.15, -0.1) is 0 Å². The molecule has 0 aliphatic heterocycles. The van der Waals surface area contributed by atoms with Crippen LogP contribution in [0.25, 0.3) is 21.9 Å². The van der Waals surface area contributed by atoms with Crippen LogP contribution in [-0.2, 0) is 0 Å². The molecule has 0 bridgehead atoms. The zero-order valence-electron chi connectivity index (χ0n) is 11.9. The predicted molar refractivity (Wildman–Crippen MR) is 88.2 cm³/mol. The highest BCUT2D eigenvalue weighted by Gasteiger charge is 2.03. The van der Waals surface area contributed by atoms with Gasteiger partial charge in [-0.2, -0.15) is 0 Å². The number of para-hydroxylation sites is 1. The first-order valence-corrected chi connectivity index (χ1v) is 7.18. The van der Waals surface area contributed by atoms with Crippen LogP contribution in [0.15, 0.2) is 89.7 Å². The van der Waals surface area contributed by atoms with Gasteiger partial charge in [-0.05, 0) is 41.5 Å². The second kappa shape index (κ2) is 5.41. The van der Waals surface area contributed by atoms with Crippen molar-refractivity contribution < 1.29 is 9.15 Å². The molecule has 0 aliphatic rings. The van der Waals surface area contributed by atoms with Gasteiger partial charge in [0.15, 0.2) is 0 Å². The Morgan fingerprint density at radius 3 is 2.27 bits per heavy atom. The van der Waals surface area contributed by atoms with Crippen LogP contribution < -0.4 is 4.74 Å². The molecule has 106 valence electrons. The Morgan fingerprint density at radius 2 is 1.36 bits per heavy atom. The van der Waals surface area contributed by atoms with Gasteiger partial charge in [-0.3, -0.25) is 0 Å². The average molecular weight is 286 g/mol. The van der Waals surface area contributed by atoms with Crippen molar-refractivity contribution in [3.8, 4) is 22.6 Å². The number of hydrogen-bond acceptors (Lipinski definition) is 2. The molecule has 0 N–H and O–H groups in total. The number of ether oxygens (including phenoxy) is 1. The molecule has 22 heavy (non-hydrogen) atoms. The third kappa shape index (κ3) is 2.47. The molecule has 0 amide bonds. The van der Waals surface area contributed by atoms with Crippen LogP contribution in [0.3, 0.4) is 0 Å². The Hall–Kier alpha value is -3.00. The summed E-state index contributed by atoms with van der Waals surface area (Å²) in [6, 6.07) is 24.2. The van der Waals surface area contributed by atoms with Gasteiger partial charge in [0, 0.05) is 10.8 Å². The van der Waals surface area contributed by atoms with Crippen molar-refractivity contribution in [1.29, 1.82) is 0 Å². The van der Waals surface area contributed by atoms with Crippen molar-refractivity contribution in [3.05, 3.63) is 85.3 Å². The highest BCUT2D eigenvalue weighted by atomic mass is 16.5. The minimum atomic E-state index is 0.830. The molecule has 3 aromatic carbocycles. The first-order chi connectivity index (χ1) is 10.9. The van der Waals surface area contributed by atoms with Crippen LogP contribution in [0, 0.1) is 0 Å². The molecule has 0 atom stereocenters. The summed E-state index contributed by atoms with van der Waals surface area (Å²) in [5.41, 5.74) is 2.27. The molecule has 0 fully saturated rings. The Bertz CT molecular complexity index is 907. The van der Waals surface area contributed by atoms with Crippen molar-refractivity contribution in [2.24, 2.45) is 0 Å². The number of fused-ring (bicyclic) bond motifs is 1. The molecular formula is C20H14O2. The maximum Gasteiger partial charge on any atom is 0.128 e. The topological polar surface area (TPSA) is 22.4 Å². The second-order valence-corrected chi connectivity index (χ2v) is 5.16. The quantitative estimate of drug-likeness (QED) is 0.468. The maximum atomic E-state index is 5.89. The van der Waals surface area contributed by atoms with Crippen LogP contribution in [0.2, 0.25) is 0 Å². The molecule has 1 aromatic heterocycles. The Morgan fingerprint density at radius 1 is 0.591 bits per heavy atom. The lowest BCUT2D eigenvalue weighted by Gasteiger charge is -2.08. The van der Waals surface area contributed by atoms with E-state index >= 15 is 0 Å². The number of benzene rings is 3. The lowest BCUT2D eigenvalue weighted by atomic mass is 10.0. The smallest absolute Gasteiger partial charge is 0.128 e. The molecule has 0 aliphatic carbocycles. The van der Waals surface area contributed by atoms with E-state index in [9.17, 15) is 0 Å². The second-order valence-electron chi connectivity index (χ2n) is 5.16. The van der Waals surface area contributed by atoms with Crippen molar-refractivity contribution >= 4 is 10.8 Å². The standard InChI is InChI=1S/C20H14O2/c1-2-6-19(7-3-1)22-20-8-4-5-15(12-20)16-9-10-17-13-21-14-18(17)11-16/h1-14H. The highest BCUT2D eigenvalue weighted by Crippen LogP contribution is 2.29. The molecule has 0 unspecified atom stereocenters. The summed E-state index contributed by atoms with van der Waals surface area (Å²) in [7, 11) is 0. The predicted octanol–water partition coefficient (Wildman–Crippen LogP) is 5.89. The van der Waals surface area contributed by atoms with E-state index in [1.807, 2.05) is 48.5 Å². The van der Waals surface area contributed by atoms with E-state index in [0.717, 1.165) is 33.4 Å². The van der Waals surface area contributed by atoms with Crippen molar-refractivity contribution in [1.82, 2.24) is 0 Å². The molecule has 0 saturated heterocycles. The van der Waals surface area contributed by atoms with E-state index in [2.05, 4.69) is 24.3 Å². The molecule has 0 saturated carbocycles. The number of furan rings is 1. The summed E-state index contributed by atoms with van der Waals surface area (Å²) in [5, 5.41) is 2.22. The normalized spacial score (nSPS) is 10.7. The fourth-order valence-electron chi connectivity index (χ4n) is 2.51. The molecule has 4 aromatic rings. The van der Waals surface area contributed by atoms with Crippen LogP contribution in [0.4, 0.5) is 0 Å². The maximum absolute atomic E-state index is 5.89. The minimum absolute atomic E-state index is 0.830. The Balaban J connectivity index is 1.69. The molecule has 1 heterocycles. The third-order valence-electron chi connectivity index (χ3n) is 3.62. The van der Waals surface area contributed by atoms with E-state index in [0.29, 0.717) is 0 Å². The Labute approximate surface area is 128 Å². The molecular weight excluding hydrogens is 272 g/mol. The SMILES string of the molecule is c1ccc(Oc2cccc(-c3ccc4cocc4c3)c2)cc1. The summed E-state index contributed by atoms with van der Waals surface area (Å²) in [5.74, 6) is 1.67. The van der Waals surface area contributed by atoms with Gasteiger partial charge in [-0.25, -0.2) is 0 Å². The van der Waals surface area contributed by atoms with Gasteiger partial charge in [-0.1, -0.05) is 42.5 Å². The van der Waals surface area contributed by atoms with Gasteiger partial charge >= 0.3 is 0 Å². The summed E-state index contributed by atoms with van der Waals surface area (Å²) in [4.78, 5) is 0. The molecule has 2 heteroatoms. The van der Waals surface area contributed by atoms with E-state index in [1.54, 1.807) is 12.5 Å². The monoisotopic (exact) mass is 286 g/mol. The number of hydrogen-bond donors (Lipinski definition) is 0. The molecule has 0 radical (unpaired) electrons. The summed E-state index contributed by atoms with van der Waals surface area (Å²) >= 11 is 0. The average Bonchev–Trinajstić information content (AvgIpc) is 3.04. The number of rotatable bonds is 3. The van der Waals surface area contributed by atoms with Gasteiger partial charge < -0.3 is 9.15 Å². The summed E-state index contributed by atoms with van der Waals surface area (Å²) in [6.07, 6.45) is 3.53. The minimum Gasteiger partial charge on any atom is -0.471 e. The zero-order chi connectivity index (χ0) is 14.8. The highest BCUT2D eigenvalue weighted by molar-refractivity contribution is 5.86. The van der Waals surface area contributed by atoms with E-state index in [4.69, 9.17) is 9.15 Å². The lowest BCUT2D eigenvalue weighted by Crippen LogP contribution is -1.84. The largest absolute Gasteiger partial charge is 0.471 e. The fourth-order valence-corrected chi connectivity index (χ4v) is 2.51. The summed E-state index contributed by atoms with van der Waals surface area (Å²) < 4.78 is 11.1. The van der Waals surface area contributed by atoms with Crippen molar-refractivity contribution in [2.45, 2.75) is 0 Å². The van der Waals surface area contributed by atoms with Crippen LogP contribution in [0.5, 0.6) is 11.5 Å². The summed E-state index contributed by atoms with van der Waals surface area (Å²) in [6.45, 7) is 0. The van der Waals surface area contributed by atoms with Gasteiger partial charge in [0.1, 0.15) is 11.5 Å². The third-order valence-corrected chi connectivity index (χ3v) is 3.62. The zero-order valence-corrected chi connectivity index (χ0v) is 11.9. The van der Waals surface area contributed by atoms with Crippen LogP contribution in [-0.4, -0.2) is 0 Å². The van der Waals surface area contributed by atoms with Gasteiger partial charge in [0.05, 0.1) is 12.5 Å². The van der Waals surface area contributed by atoms with Crippen LogP contribution in [0.1, 0.15) is 0 Å². The molecule has 4 rings (SSSR count). The van der Waals surface area contributed by atoms with Gasteiger partial charge in [0.25, 0.3) is 0 Å². The molecule has 2 nitrogen and oxygen atoms in total. The Kier molecular flexibility index (Phi) is 3.13. The molecule has 0 spiro atoms. The van der Waals surface area contributed by atoms with Crippen molar-refractivity contribution in [3.63, 3.8) is 0 Å². The van der Waals surface area contributed by atoms with Gasteiger partial charge in [0.2, 0.25) is 0 Å². The van der Waals surface area contributed by atoms with E-state index < -0.39 is 0 Å². The fraction of sp³-hybridized carbons (Fsp3) is 0. The van der Waals surface area contributed by atoms with Crippen molar-refractivity contribution in [2.75, 3.05) is 0 Å². The van der Waals surface area contributed by atoms with E-state index in [-0.39, 0.29) is 0 Å². The van der Waals surface area contributed by atoms with E-state index in [1.165, 1.54) is 0 Å². The first kappa shape index (κ1) is 12.7. The lowest BCUT2D eigenvalue weighted by molar-refractivity contribution is 0.483.